The minimum absolute atomic E-state index is 0.804. The van der Waals surface area contributed by atoms with Crippen LogP contribution in [0.5, 0.6) is 0 Å². The lowest BCUT2D eigenvalue weighted by Crippen LogP contribution is -1.69. The molecule has 0 fully saturated rings. The summed E-state index contributed by atoms with van der Waals surface area (Å²) in [4.78, 5) is 0. The molecule has 0 unspecified atom stereocenters. The van der Waals surface area contributed by atoms with E-state index in [2.05, 4.69) is 21.9 Å². The summed E-state index contributed by atoms with van der Waals surface area (Å²) in [5.74, 6) is 2.28. The Morgan fingerprint density at radius 2 is 1.78 bits per heavy atom. The lowest BCUT2D eigenvalue weighted by Gasteiger charge is -1.87. The first-order chi connectivity index (χ1) is 4.33. The molecular formula is C8H4Br. The second-order valence-corrected chi connectivity index (χ2v) is 2.55. The molecule has 1 heteroatoms. The molecule has 1 aromatic carbocycles. The van der Waals surface area contributed by atoms with E-state index in [-0.39, 0.29) is 0 Å². The van der Waals surface area contributed by atoms with Crippen LogP contribution in [0.4, 0.5) is 0 Å². The highest BCUT2D eigenvalue weighted by atomic mass is 79.9. The van der Waals surface area contributed by atoms with Crippen LogP contribution in [0.25, 0.3) is 0 Å². The molecular weight excluding hydrogens is 176 g/mol. The summed E-state index contributed by atoms with van der Waals surface area (Å²) in [6.07, 6.45) is 6.75. The van der Waals surface area contributed by atoms with Crippen molar-refractivity contribution in [1.29, 1.82) is 0 Å². The maximum Gasteiger partial charge on any atom is 0.0256 e. The van der Waals surface area contributed by atoms with E-state index in [0.717, 1.165) is 10.0 Å². The molecule has 9 heavy (non-hydrogen) atoms. The molecule has 0 N–H and O–H groups in total. The topological polar surface area (TPSA) is 0 Å². The van der Waals surface area contributed by atoms with Gasteiger partial charge in [-0.15, -0.1) is 0 Å². The summed E-state index contributed by atoms with van der Waals surface area (Å²) >= 11 is 3.29. The van der Waals surface area contributed by atoms with E-state index in [4.69, 9.17) is 6.42 Å². The SMILES string of the molecule is [C]#Cc1ccc(Br)cc1. The van der Waals surface area contributed by atoms with Gasteiger partial charge in [0.1, 0.15) is 0 Å². The van der Waals surface area contributed by atoms with E-state index in [1.54, 1.807) is 0 Å². The van der Waals surface area contributed by atoms with E-state index >= 15 is 0 Å². The van der Waals surface area contributed by atoms with Crippen LogP contribution in [-0.2, 0) is 0 Å². The lowest BCUT2D eigenvalue weighted by molar-refractivity contribution is 1.60. The number of hydrogen-bond donors (Lipinski definition) is 0. The minimum Gasteiger partial charge on any atom is -0.0528 e. The van der Waals surface area contributed by atoms with Crippen molar-refractivity contribution >= 4 is 15.9 Å². The zero-order valence-corrected chi connectivity index (χ0v) is 6.27. The summed E-state index contributed by atoms with van der Waals surface area (Å²) < 4.78 is 1.03. The number of hydrogen-bond acceptors (Lipinski definition) is 0. The average Bonchev–Trinajstić information content (AvgIpc) is 1.90. The molecule has 0 saturated heterocycles. The first-order valence-corrected chi connectivity index (χ1v) is 3.30. The second-order valence-electron chi connectivity index (χ2n) is 1.63. The van der Waals surface area contributed by atoms with Crippen molar-refractivity contribution in [3.63, 3.8) is 0 Å². The third kappa shape index (κ3) is 1.58. The van der Waals surface area contributed by atoms with Crippen LogP contribution in [0.2, 0.25) is 0 Å². The van der Waals surface area contributed by atoms with Crippen LogP contribution < -0.4 is 0 Å². The Kier molecular flexibility index (Phi) is 1.92. The molecule has 0 amide bonds. The van der Waals surface area contributed by atoms with Crippen molar-refractivity contribution in [2.45, 2.75) is 0 Å². The van der Waals surface area contributed by atoms with Crippen LogP contribution in [0.1, 0.15) is 5.56 Å². The highest BCUT2D eigenvalue weighted by Crippen LogP contribution is 2.08. The maximum absolute atomic E-state index is 6.75. The standard InChI is InChI=1S/C8H4Br/c1-2-7-3-5-8(9)6-4-7/h3-6H. The summed E-state index contributed by atoms with van der Waals surface area (Å²) in [7, 11) is 0. The van der Waals surface area contributed by atoms with Gasteiger partial charge >= 0.3 is 0 Å². The highest BCUT2D eigenvalue weighted by molar-refractivity contribution is 9.10. The largest absolute Gasteiger partial charge is 0.0528 e. The van der Waals surface area contributed by atoms with Crippen molar-refractivity contribution in [2.75, 3.05) is 0 Å². The molecule has 43 valence electrons. The first-order valence-electron chi connectivity index (χ1n) is 2.51. The molecule has 0 saturated carbocycles. The molecule has 1 radical (unpaired) electrons. The van der Waals surface area contributed by atoms with Crippen molar-refractivity contribution < 1.29 is 0 Å². The molecule has 0 aliphatic heterocycles. The molecule has 0 aromatic heterocycles. The Bertz CT molecular complexity index is 228. The van der Waals surface area contributed by atoms with Gasteiger partial charge in [0.25, 0.3) is 0 Å². The molecule has 1 rings (SSSR count). The van der Waals surface area contributed by atoms with Crippen molar-refractivity contribution in [2.24, 2.45) is 0 Å². The number of rotatable bonds is 0. The summed E-state index contributed by atoms with van der Waals surface area (Å²) in [6, 6.07) is 7.43. The first kappa shape index (κ1) is 6.38. The fourth-order valence-corrected chi connectivity index (χ4v) is 0.798. The van der Waals surface area contributed by atoms with Gasteiger partial charge in [0.05, 0.1) is 0 Å². The number of benzene rings is 1. The fourth-order valence-electron chi connectivity index (χ4n) is 0.533. The zero-order valence-electron chi connectivity index (χ0n) is 4.69. The van der Waals surface area contributed by atoms with Gasteiger partial charge in [-0.3, -0.25) is 0 Å². The molecule has 0 aliphatic carbocycles. The zero-order chi connectivity index (χ0) is 6.69. The van der Waals surface area contributed by atoms with Crippen LogP contribution in [0.15, 0.2) is 28.7 Å². The Morgan fingerprint density at radius 1 is 1.22 bits per heavy atom. The molecule has 0 heterocycles. The van der Waals surface area contributed by atoms with Crippen molar-refractivity contribution in [3.8, 4) is 5.92 Å². The summed E-state index contributed by atoms with van der Waals surface area (Å²) in [5, 5.41) is 0. The van der Waals surface area contributed by atoms with Gasteiger partial charge in [-0.25, -0.2) is 0 Å². The van der Waals surface area contributed by atoms with Crippen molar-refractivity contribution in [1.82, 2.24) is 0 Å². The van der Waals surface area contributed by atoms with Crippen LogP contribution in [0.3, 0.4) is 0 Å². The predicted molar refractivity (Wildman–Crippen MR) is 40.4 cm³/mol. The molecule has 0 nitrogen and oxygen atoms in total. The van der Waals surface area contributed by atoms with Gasteiger partial charge in [-0.1, -0.05) is 21.9 Å². The second kappa shape index (κ2) is 2.70. The van der Waals surface area contributed by atoms with Gasteiger partial charge in [-0.05, 0) is 30.7 Å². The van der Waals surface area contributed by atoms with E-state index in [9.17, 15) is 0 Å². The molecule has 0 bridgehead atoms. The van der Waals surface area contributed by atoms with Gasteiger partial charge in [0, 0.05) is 10.0 Å². The van der Waals surface area contributed by atoms with Gasteiger partial charge in [-0.2, -0.15) is 0 Å². The van der Waals surface area contributed by atoms with Crippen LogP contribution >= 0.6 is 15.9 Å². The van der Waals surface area contributed by atoms with Crippen LogP contribution in [-0.4, -0.2) is 0 Å². The minimum atomic E-state index is 0.804. The highest BCUT2D eigenvalue weighted by Gasteiger charge is 1.84. The fraction of sp³-hybridized carbons (Fsp3) is 0. The summed E-state index contributed by atoms with van der Waals surface area (Å²) in [6.45, 7) is 0. The smallest absolute Gasteiger partial charge is 0.0256 e. The lowest BCUT2D eigenvalue weighted by atomic mass is 10.2. The Balaban J connectivity index is 3.06. The molecule has 0 aliphatic rings. The molecule has 0 atom stereocenters. The third-order valence-electron chi connectivity index (χ3n) is 0.989. The van der Waals surface area contributed by atoms with E-state index in [0.29, 0.717) is 0 Å². The Morgan fingerprint density at radius 3 is 2.22 bits per heavy atom. The predicted octanol–water partition coefficient (Wildman–Crippen LogP) is 2.39. The third-order valence-corrected chi connectivity index (χ3v) is 1.52. The Hall–Kier alpha value is -0.740. The van der Waals surface area contributed by atoms with Gasteiger partial charge in [0.15, 0.2) is 0 Å². The van der Waals surface area contributed by atoms with Crippen molar-refractivity contribution in [3.05, 3.63) is 40.7 Å². The maximum atomic E-state index is 6.75. The van der Waals surface area contributed by atoms with Gasteiger partial charge in [0.2, 0.25) is 0 Å². The Labute approximate surface area is 63.0 Å². The van der Waals surface area contributed by atoms with Gasteiger partial charge < -0.3 is 0 Å². The monoisotopic (exact) mass is 179 g/mol. The summed E-state index contributed by atoms with van der Waals surface area (Å²) in [5.41, 5.74) is 0.804. The average molecular weight is 180 g/mol. The quantitative estimate of drug-likeness (QED) is 0.537. The molecule has 1 aromatic rings. The molecule has 0 spiro atoms. The number of halogens is 1. The van der Waals surface area contributed by atoms with E-state index < -0.39 is 0 Å². The van der Waals surface area contributed by atoms with E-state index in [1.807, 2.05) is 24.3 Å². The normalized spacial score (nSPS) is 8.44. The van der Waals surface area contributed by atoms with Crippen LogP contribution in [0, 0.1) is 12.3 Å². The van der Waals surface area contributed by atoms with E-state index in [1.165, 1.54) is 0 Å².